The predicted octanol–water partition coefficient (Wildman–Crippen LogP) is 5.64. The number of hydrogen-bond acceptors (Lipinski definition) is 4. The Morgan fingerprint density at radius 2 is 1.67 bits per heavy atom. The highest BCUT2D eigenvalue weighted by Crippen LogP contribution is 2.35. The second kappa shape index (κ2) is 11.3. The number of likely N-dealkylation sites (tertiary alicyclic amines) is 1. The van der Waals surface area contributed by atoms with E-state index in [4.69, 9.17) is 17.5 Å². The molecule has 0 saturated carbocycles. The van der Waals surface area contributed by atoms with Crippen molar-refractivity contribution in [2.75, 3.05) is 31.1 Å². The van der Waals surface area contributed by atoms with Crippen molar-refractivity contribution < 1.29 is 13.6 Å². The smallest absolute Gasteiger partial charge is 0.265 e. The summed E-state index contributed by atoms with van der Waals surface area (Å²) in [5.41, 5.74) is -1.03. The van der Waals surface area contributed by atoms with Gasteiger partial charge in [0.25, 0.3) is 12.3 Å². The number of nitriles is 1. The zero-order valence-corrected chi connectivity index (χ0v) is 20.5. The van der Waals surface area contributed by atoms with Crippen LogP contribution in [-0.2, 0) is 4.79 Å². The number of alkyl halides is 2. The zero-order chi connectivity index (χ0) is 24.0. The molecule has 2 saturated heterocycles. The monoisotopic (exact) mass is 476 g/mol. The van der Waals surface area contributed by atoms with Gasteiger partial charge in [-0.15, -0.1) is 0 Å². The van der Waals surface area contributed by atoms with E-state index in [-0.39, 0.29) is 22.7 Å². The van der Waals surface area contributed by atoms with E-state index in [0.717, 1.165) is 19.3 Å². The van der Waals surface area contributed by atoms with Gasteiger partial charge in [-0.3, -0.25) is 9.69 Å². The highest BCUT2D eigenvalue weighted by Gasteiger charge is 2.49. The third-order valence-electron chi connectivity index (χ3n) is 6.78. The minimum absolute atomic E-state index is 0.0946. The summed E-state index contributed by atoms with van der Waals surface area (Å²) in [7, 11) is 0. The summed E-state index contributed by atoms with van der Waals surface area (Å²) in [6.45, 7) is 8.02. The lowest BCUT2D eigenvalue weighted by atomic mass is 10.0. The van der Waals surface area contributed by atoms with Crippen molar-refractivity contribution in [3.05, 3.63) is 29.3 Å². The van der Waals surface area contributed by atoms with Crippen molar-refractivity contribution >= 4 is 28.9 Å². The molecule has 2 aliphatic heterocycles. The Kier molecular flexibility index (Phi) is 8.77. The molecule has 0 N–H and O–H groups in total. The van der Waals surface area contributed by atoms with Crippen LogP contribution in [0.4, 0.5) is 14.5 Å². The Morgan fingerprint density at radius 3 is 2.27 bits per heavy atom. The third kappa shape index (κ3) is 5.88. The molecule has 0 aromatic heterocycles. The SMILES string of the molecule is CC1(C)C(=O)N(c2ccc(C#N)c(C(F)F)c2)C(=S)N1CCCCCCCCN1CCCC1. The first-order valence-corrected chi connectivity index (χ1v) is 12.4. The number of rotatable bonds is 11. The van der Waals surface area contributed by atoms with Gasteiger partial charge in [0.05, 0.1) is 17.3 Å². The number of amides is 1. The second-order valence-corrected chi connectivity index (χ2v) is 9.85. The number of anilines is 1. The molecule has 2 fully saturated rings. The molecular formula is C25H34F2N4OS. The number of halogens is 2. The van der Waals surface area contributed by atoms with Crippen LogP contribution in [-0.4, -0.2) is 52.5 Å². The Morgan fingerprint density at radius 1 is 1.06 bits per heavy atom. The molecule has 0 unspecified atom stereocenters. The summed E-state index contributed by atoms with van der Waals surface area (Å²) >= 11 is 5.60. The Labute approximate surface area is 201 Å². The Hall–Kier alpha value is -2.11. The lowest BCUT2D eigenvalue weighted by Crippen LogP contribution is -2.44. The van der Waals surface area contributed by atoms with Gasteiger partial charge in [-0.1, -0.05) is 25.7 Å². The fraction of sp³-hybridized carbons (Fsp3) is 0.640. The molecule has 8 heteroatoms. The van der Waals surface area contributed by atoms with Crippen LogP contribution >= 0.6 is 12.2 Å². The van der Waals surface area contributed by atoms with E-state index in [2.05, 4.69) is 4.90 Å². The van der Waals surface area contributed by atoms with E-state index in [1.54, 1.807) is 6.07 Å². The van der Waals surface area contributed by atoms with Crippen molar-refractivity contribution in [3.63, 3.8) is 0 Å². The number of hydrogen-bond donors (Lipinski definition) is 0. The molecule has 1 aromatic rings. The van der Waals surface area contributed by atoms with Crippen LogP contribution in [0.2, 0.25) is 0 Å². The second-order valence-electron chi connectivity index (χ2n) is 9.49. The van der Waals surface area contributed by atoms with Crippen molar-refractivity contribution in [2.45, 2.75) is 77.2 Å². The summed E-state index contributed by atoms with van der Waals surface area (Å²) in [4.78, 5) is 18.9. The van der Waals surface area contributed by atoms with E-state index in [1.807, 2.05) is 18.7 Å². The highest BCUT2D eigenvalue weighted by molar-refractivity contribution is 7.80. The predicted molar refractivity (Wildman–Crippen MR) is 130 cm³/mol. The van der Waals surface area contributed by atoms with Crippen LogP contribution in [0.15, 0.2) is 18.2 Å². The van der Waals surface area contributed by atoms with Gasteiger partial charge >= 0.3 is 0 Å². The van der Waals surface area contributed by atoms with Gasteiger partial charge < -0.3 is 9.80 Å². The van der Waals surface area contributed by atoms with Crippen LogP contribution in [0.1, 0.15) is 82.8 Å². The Bertz CT molecular complexity index is 893. The summed E-state index contributed by atoms with van der Waals surface area (Å²) in [6.07, 6.45) is 6.76. The molecule has 1 aromatic carbocycles. The number of unbranched alkanes of at least 4 members (excludes halogenated alkanes) is 5. The summed E-state index contributed by atoms with van der Waals surface area (Å²) < 4.78 is 26.8. The van der Waals surface area contributed by atoms with Gasteiger partial charge in [0.1, 0.15) is 5.54 Å². The fourth-order valence-electron chi connectivity index (χ4n) is 4.73. The minimum Gasteiger partial charge on any atom is -0.334 e. The molecule has 0 spiro atoms. The molecule has 0 bridgehead atoms. The van der Waals surface area contributed by atoms with Crippen LogP contribution in [0, 0.1) is 11.3 Å². The van der Waals surface area contributed by atoms with Crippen molar-refractivity contribution in [1.82, 2.24) is 9.80 Å². The van der Waals surface area contributed by atoms with E-state index in [9.17, 15) is 13.6 Å². The quantitative estimate of drug-likeness (QED) is 0.305. The van der Waals surface area contributed by atoms with E-state index < -0.39 is 12.0 Å². The van der Waals surface area contributed by atoms with Crippen LogP contribution in [0.3, 0.4) is 0 Å². The van der Waals surface area contributed by atoms with Gasteiger partial charge in [-0.05, 0) is 89.6 Å². The van der Waals surface area contributed by atoms with Gasteiger partial charge in [0.15, 0.2) is 5.11 Å². The standard InChI is InChI=1S/C25H34F2N4OS/c1-25(2)23(32)31(20-12-11-19(18-28)21(17-20)22(26)27)24(33)30(25)16-8-6-4-3-5-7-13-29-14-9-10-15-29/h11-12,17,22H,3-10,13-16H2,1-2H3. The van der Waals surface area contributed by atoms with Crippen LogP contribution in [0.5, 0.6) is 0 Å². The largest absolute Gasteiger partial charge is 0.334 e. The first-order valence-electron chi connectivity index (χ1n) is 12.0. The molecule has 2 aliphatic rings. The Balaban J connectivity index is 1.51. The molecular weight excluding hydrogens is 442 g/mol. The van der Waals surface area contributed by atoms with Gasteiger partial charge in [-0.2, -0.15) is 5.26 Å². The normalized spacial score (nSPS) is 18.5. The summed E-state index contributed by atoms with van der Waals surface area (Å²) in [5.74, 6) is -0.237. The van der Waals surface area contributed by atoms with Crippen molar-refractivity contribution in [3.8, 4) is 6.07 Å². The van der Waals surface area contributed by atoms with Gasteiger partial charge in [0, 0.05) is 12.1 Å². The maximum Gasteiger partial charge on any atom is 0.265 e. The first kappa shape index (κ1) is 25.5. The number of nitrogens with zero attached hydrogens (tertiary/aromatic N) is 4. The molecule has 0 aliphatic carbocycles. The molecule has 3 rings (SSSR count). The van der Waals surface area contributed by atoms with Crippen molar-refractivity contribution in [2.24, 2.45) is 0 Å². The topological polar surface area (TPSA) is 50.6 Å². The zero-order valence-electron chi connectivity index (χ0n) is 19.7. The maximum absolute atomic E-state index is 13.4. The lowest BCUT2D eigenvalue weighted by molar-refractivity contribution is -0.123. The molecule has 5 nitrogen and oxygen atoms in total. The van der Waals surface area contributed by atoms with Crippen LogP contribution in [0.25, 0.3) is 0 Å². The number of thiocarbonyl (C=S) groups is 1. The highest BCUT2D eigenvalue weighted by atomic mass is 32.1. The van der Waals surface area contributed by atoms with E-state index >= 15 is 0 Å². The van der Waals surface area contributed by atoms with Gasteiger partial charge in [-0.25, -0.2) is 8.78 Å². The van der Waals surface area contributed by atoms with E-state index in [0.29, 0.717) is 11.7 Å². The number of carbonyl (C=O) groups is 1. The fourth-order valence-corrected chi connectivity index (χ4v) is 5.24. The summed E-state index contributed by atoms with van der Waals surface area (Å²) in [5, 5.41) is 9.42. The number of carbonyl (C=O) groups excluding carboxylic acids is 1. The molecule has 0 radical (unpaired) electrons. The summed E-state index contributed by atoms with van der Waals surface area (Å²) in [6, 6.07) is 5.82. The van der Waals surface area contributed by atoms with Gasteiger partial charge in [0.2, 0.25) is 0 Å². The maximum atomic E-state index is 13.4. The first-order chi connectivity index (χ1) is 15.8. The van der Waals surface area contributed by atoms with Crippen molar-refractivity contribution in [1.29, 1.82) is 5.26 Å². The molecule has 0 atom stereocenters. The molecule has 1 amide bonds. The number of benzene rings is 1. The van der Waals surface area contributed by atoms with E-state index in [1.165, 1.54) is 74.8 Å². The average molecular weight is 477 g/mol. The average Bonchev–Trinajstić information content (AvgIpc) is 3.36. The lowest BCUT2D eigenvalue weighted by Gasteiger charge is -2.29. The molecule has 2 heterocycles. The molecule has 33 heavy (non-hydrogen) atoms. The van der Waals surface area contributed by atoms with Crippen LogP contribution < -0.4 is 4.90 Å². The minimum atomic E-state index is -2.80. The molecule has 180 valence electrons. The third-order valence-corrected chi connectivity index (χ3v) is 7.18.